The number of ether oxygens (including phenoxy) is 3. The second-order valence-electron chi connectivity index (χ2n) is 2.89. The SMILES string of the molecule is COC(=O)/C=C(/OCc1cccs1)C(=O)OC. The Morgan fingerprint density at radius 3 is 2.65 bits per heavy atom. The Balaban J connectivity index is 2.67. The van der Waals surface area contributed by atoms with E-state index in [1.807, 2.05) is 17.5 Å². The van der Waals surface area contributed by atoms with Crippen molar-refractivity contribution in [3.8, 4) is 0 Å². The maximum atomic E-state index is 11.3. The Bertz CT molecular complexity index is 408. The van der Waals surface area contributed by atoms with E-state index in [0.717, 1.165) is 11.0 Å². The third-order valence-corrected chi connectivity index (χ3v) is 2.64. The van der Waals surface area contributed by atoms with Crippen LogP contribution in [0.25, 0.3) is 0 Å². The zero-order valence-corrected chi connectivity index (χ0v) is 10.3. The number of carbonyl (C=O) groups excluding carboxylic acids is 2. The molecule has 1 rings (SSSR count). The summed E-state index contributed by atoms with van der Waals surface area (Å²) < 4.78 is 14.1. The lowest BCUT2D eigenvalue weighted by Gasteiger charge is -2.06. The molecule has 17 heavy (non-hydrogen) atoms. The number of methoxy groups -OCH3 is 2. The number of hydrogen-bond donors (Lipinski definition) is 0. The van der Waals surface area contributed by atoms with Gasteiger partial charge in [0.2, 0.25) is 5.76 Å². The molecule has 0 spiro atoms. The maximum Gasteiger partial charge on any atom is 0.373 e. The van der Waals surface area contributed by atoms with Crippen LogP contribution in [-0.4, -0.2) is 26.2 Å². The highest BCUT2D eigenvalue weighted by molar-refractivity contribution is 7.09. The summed E-state index contributed by atoms with van der Waals surface area (Å²) in [7, 11) is 2.43. The summed E-state index contributed by atoms with van der Waals surface area (Å²) in [5, 5.41) is 1.89. The lowest BCUT2D eigenvalue weighted by molar-refractivity contribution is -0.142. The average Bonchev–Trinajstić information content (AvgIpc) is 2.86. The first-order valence-corrected chi connectivity index (χ1v) is 5.58. The molecule has 6 heteroatoms. The van der Waals surface area contributed by atoms with Crippen LogP contribution >= 0.6 is 11.3 Å². The van der Waals surface area contributed by atoms with E-state index in [-0.39, 0.29) is 12.4 Å². The van der Waals surface area contributed by atoms with Gasteiger partial charge in [0.15, 0.2) is 0 Å². The molecule has 0 N–H and O–H groups in total. The highest BCUT2D eigenvalue weighted by atomic mass is 32.1. The van der Waals surface area contributed by atoms with Gasteiger partial charge in [-0.2, -0.15) is 0 Å². The zero-order chi connectivity index (χ0) is 12.7. The summed E-state index contributed by atoms with van der Waals surface area (Å²) in [6.07, 6.45) is 0.958. The van der Waals surface area contributed by atoms with Crippen molar-refractivity contribution in [2.75, 3.05) is 14.2 Å². The zero-order valence-electron chi connectivity index (χ0n) is 9.47. The molecule has 1 aromatic heterocycles. The summed E-state index contributed by atoms with van der Waals surface area (Å²) in [6.45, 7) is 0.204. The van der Waals surface area contributed by atoms with Gasteiger partial charge in [0.25, 0.3) is 0 Å². The standard InChI is InChI=1S/C11H12O5S/c1-14-10(12)6-9(11(13)15-2)16-7-8-4-3-5-17-8/h3-6H,7H2,1-2H3/b9-6+. The van der Waals surface area contributed by atoms with Crippen molar-refractivity contribution in [3.05, 3.63) is 34.2 Å². The van der Waals surface area contributed by atoms with Crippen LogP contribution in [0.5, 0.6) is 0 Å². The van der Waals surface area contributed by atoms with Crippen LogP contribution in [0.1, 0.15) is 4.88 Å². The highest BCUT2D eigenvalue weighted by Gasteiger charge is 2.14. The lowest BCUT2D eigenvalue weighted by Crippen LogP contribution is -2.11. The van der Waals surface area contributed by atoms with E-state index in [1.165, 1.54) is 25.6 Å². The number of hydrogen-bond acceptors (Lipinski definition) is 6. The molecule has 0 saturated carbocycles. The van der Waals surface area contributed by atoms with E-state index in [9.17, 15) is 9.59 Å². The molecule has 0 bridgehead atoms. The van der Waals surface area contributed by atoms with E-state index < -0.39 is 11.9 Å². The van der Waals surface area contributed by atoms with Crippen molar-refractivity contribution in [1.29, 1.82) is 0 Å². The van der Waals surface area contributed by atoms with E-state index in [4.69, 9.17) is 4.74 Å². The Labute approximate surface area is 103 Å². The van der Waals surface area contributed by atoms with Gasteiger partial charge in [-0.15, -0.1) is 11.3 Å². The van der Waals surface area contributed by atoms with Crippen LogP contribution in [0.2, 0.25) is 0 Å². The third-order valence-electron chi connectivity index (χ3n) is 1.79. The van der Waals surface area contributed by atoms with E-state index >= 15 is 0 Å². The average molecular weight is 256 g/mol. The van der Waals surface area contributed by atoms with Crippen molar-refractivity contribution in [3.63, 3.8) is 0 Å². The minimum absolute atomic E-state index is 0.173. The van der Waals surface area contributed by atoms with Gasteiger partial charge in [0.1, 0.15) is 6.61 Å². The first-order chi connectivity index (χ1) is 8.17. The number of esters is 2. The quantitative estimate of drug-likeness (QED) is 0.454. The molecular formula is C11H12O5S. The molecule has 92 valence electrons. The fraction of sp³-hybridized carbons (Fsp3) is 0.273. The van der Waals surface area contributed by atoms with Crippen molar-refractivity contribution in [2.24, 2.45) is 0 Å². The first kappa shape index (κ1) is 13.2. The van der Waals surface area contributed by atoms with E-state index in [2.05, 4.69) is 9.47 Å². The fourth-order valence-electron chi connectivity index (χ4n) is 0.970. The molecule has 5 nitrogen and oxygen atoms in total. The van der Waals surface area contributed by atoms with Gasteiger partial charge in [0, 0.05) is 4.88 Å². The first-order valence-electron chi connectivity index (χ1n) is 4.70. The molecule has 0 fully saturated rings. The van der Waals surface area contributed by atoms with Crippen LogP contribution in [0, 0.1) is 0 Å². The van der Waals surface area contributed by atoms with Crippen molar-refractivity contribution >= 4 is 23.3 Å². The van der Waals surface area contributed by atoms with Crippen molar-refractivity contribution in [1.82, 2.24) is 0 Å². The molecule has 0 aliphatic rings. The summed E-state index contributed by atoms with van der Waals surface area (Å²) in [4.78, 5) is 23.3. The number of rotatable bonds is 5. The molecule has 0 atom stereocenters. The van der Waals surface area contributed by atoms with Gasteiger partial charge >= 0.3 is 11.9 Å². The number of carbonyl (C=O) groups is 2. The minimum atomic E-state index is -0.716. The van der Waals surface area contributed by atoms with Crippen LogP contribution < -0.4 is 0 Å². The Morgan fingerprint density at radius 1 is 1.35 bits per heavy atom. The van der Waals surface area contributed by atoms with Gasteiger partial charge < -0.3 is 14.2 Å². The molecule has 0 aliphatic heterocycles. The Hall–Kier alpha value is -1.82. The van der Waals surface area contributed by atoms with E-state index in [1.54, 1.807) is 0 Å². The molecule has 0 amide bonds. The third kappa shape index (κ3) is 4.28. The van der Waals surface area contributed by atoms with Gasteiger partial charge in [-0.3, -0.25) is 0 Å². The molecule has 1 aromatic rings. The Kier molecular flexibility index (Phi) is 5.22. The smallest absolute Gasteiger partial charge is 0.373 e. The largest absolute Gasteiger partial charge is 0.481 e. The molecule has 0 unspecified atom stereocenters. The summed E-state index contributed by atoms with van der Waals surface area (Å²) in [6, 6.07) is 3.73. The highest BCUT2D eigenvalue weighted by Crippen LogP contribution is 2.12. The second-order valence-corrected chi connectivity index (χ2v) is 3.92. The van der Waals surface area contributed by atoms with Gasteiger partial charge in [-0.1, -0.05) is 6.07 Å². The molecule has 0 aromatic carbocycles. The van der Waals surface area contributed by atoms with E-state index in [0.29, 0.717) is 0 Å². The van der Waals surface area contributed by atoms with Crippen molar-refractivity contribution in [2.45, 2.75) is 6.61 Å². The molecular weight excluding hydrogens is 244 g/mol. The summed E-state index contributed by atoms with van der Waals surface area (Å²) in [5.41, 5.74) is 0. The monoisotopic (exact) mass is 256 g/mol. The minimum Gasteiger partial charge on any atom is -0.481 e. The summed E-state index contributed by atoms with van der Waals surface area (Å²) >= 11 is 1.49. The van der Waals surface area contributed by atoms with Crippen LogP contribution in [-0.2, 0) is 30.4 Å². The normalized spacial score (nSPS) is 10.8. The fourth-order valence-corrected chi connectivity index (χ4v) is 1.59. The maximum absolute atomic E-state index is 11.3. The number of thiophene rings is 1. The topological polar surface area (TPSA) is 61.8 Å². The second kappa shape index (κ2) is 6.70. The molecule has 1 heterocycles. The van der Waals surface area contributed by atoms with Crippen LogP contribution in [0.3, 0.4) is 0 Å². The molecule has 0 saturated heterocycles. The van der Waals surface area contributed by atoms with Gasteiger partial charge in [-0.25, -0.2) is 9.59 Å². The predicted octanol–water partition coefficient (Wildman–Crippen LogP) is 1.49. The Morgan fingerprint density at radius 2 is 2.12 bits per heavy atom. The van der Waals surface area contributed by atoms with Crippen LogP contribution in [0.4, 0.5) is 0 Å². The van der Waals surface area contributed by atoms with Crippen LogP contribution in [0.15, 0.2) is 29.3 Å². The summed E-state index contributed by atoms with van der Waals surface area (Å²) in [5.74, 6) is -1.56. The lowest BCUT2D eigenvalue weighted by atomic mass is 10.4. The molecule has 0 aliphatic carbocycles. The molecule has 0 radical (unpaired) electrons. The van der Waals surface area contributed by atoms with Crippen molar-refractivity contribution < 1.29 is 23.8 Å². The predicted molar refractivity (Wildman–Crippen MR) is 61.2 cm³/mol. The van der Waals surface area contributed by atoms with Gasteiger partial charge in [0.05, 0.1) is 20.3 Å². The van der Waals surface area contributed by atoms with Gasteiger partial charge in [-0.05, 0) is 11.4 Å².